The first-order valence-corrected chi connectivity index (χ1v) is 10.1. The zero-order chi connectivity index (χ0) is 16.9. The van der Waals surface area contributed by atoms with Crippen LogP contribution in [0.5, 0.6) is 0 Å². The topological polar surface area (TPSA) is 61.4 Å². The fourth-order valence-corrected chi connectivity index (χ4v) is 3.90. The number of benzene rings is 1. The van der Waals surface area contributed by atoms with Crippen molar-refractivity contribution in [3.05, 3.63) is 24.3 Å². The van der Waals surface area contributed by atoms with E-state index in [0.29, 0.717) is 16.9 Å². The molecule has 0 aromatic heterocycles. The highest BCUT2D eigenvalue weighted by atomic mass is 32.2. The van der Waals surface area contributed by atoms with Crippen molar-refractivity contribution < 1.29 is 8.76 Å². The van der Waals surface area contributed by atoms with Crippen molar-refractivity contribution >= 4 is 28.7 Å². The summed E-state index contributed by atoms with van der Waals surface area (Å²) < 4.78 is 24.1. The van der Waals surface area contributed by atoms with Crippen LogP contribution in [0.4, 0.5) is 5.69 Å². The molecule has 1 aromatic rings. The zero-order valence-electron chi connectivity index (χ0n) is 14.2. The molecule has 6 heteroatoms. The molecule has 0 heterocycles. The lowest BCUT2D eigenvalue weighted by Gasteiger charge is -2.31. The summed E-state index contributed by atoms with van der Waals surface area (Å²) >= 11 is -0.0750. The molecule has 1 aromatic carbocycles. The molecule has 0 amide bonds. The average molecular weight is 357 g/mol. The lowest BCUT2D eigenvalue weighted by atomic mass is 9.86. The fourth-order valence-electron chi connectivity index (χ4n) is 2.72. The van der Waals surface area contributed by atoms with Crippen molar-refractivity contribution in [2.45, 2.75) is 62.1 Å². The summed E-state index contributed by atoms with van der Waals surface area (Å²) in [5.74, 6) is 0.677. The average Bonchev–Trinajstić information content (AvgIpc) is 2.51. The van der Waals surface area contributed by atoms with Crippen molar-refractivity contribution in [3.63, 3.8) is 0 Å². The van der Waals surface area contributed by atoms with Gasteiger partial charge in [0.2, 0.25) is 0 Å². The van der Waals surface area contributed by atoms with E-state index in [1.165, 1.54) is 25.7 Å². The van der Waals surface area contributed by atoms with Crippen molar-refractivity contribution in [1.82, 2.24) is 4.72 Å². The van der Waals surface area contributed by atoms with Gasteiger partial charge in [0, 0.05) is 23.0 Å². The van der Waals surface area contributed by atoms with Gasteiger partial charge in [0.05, 0.1) is 4.90 Å². The van der Waals surface area contributed by atoms with Gasteiger partial charge >= 0.3 is 0 Å². The molecule has 2 rings (SSSR count). The standard InChI is InChI=1S/C17H28N2O2S2/c1-17(2,3)22-19-14-9-7-13(8-10-14)12-18-15-5-4-6-16(11-15)23(20)21/h4-6,11,13-14,18-19H,7-10,12H2,1-3H3,(H,20,21). The van der Waals surface area contributed by atoms with Gasteiger partial charge in [-0.25, -0.2) is 4.21 Å². The Balaban J connectivity index is 1.72. The van der Waals surface area contributed by atoms with Crippen LogP contribution in [-0.4, -0.2) is 26.1 Å². The summed E-state index contributed by atoms with van der Waals surface area (Å²) in [5, 5.41) is 3.41. The Bertz CT molecular complexity index is 524. The van der Waals surface area contributed by atoms with Crippen LogP contribution in [0.15, 0.2) is 29.2 Å². The van der Waals surface area contributed by atoms with Gasteiger partial charge in [-0.05, 0) is 70.6 Å². The van der Waals surface area contributed by atoms with Crippen molar-refractivity contribution in [1.29, 1.82) is 0 Å². The second-order valence-corrected chi connectivity index (χ2v) is 9.84. The van der Waals surface area contributed by atoms with Gasteiger partial charge in [0.1, 0.15) is 0 Å². The van der Waals surface area contributed by atoms with E-state index in [0.717, 1.165) is 12.2 Å². The molecule has 1 aliphatic carbocycles. The van der Waals surface area contributed by atoms with Crippen LogP contribution >= 0.6 is 11.9 Å². The van der Waals surface area contributed by atoms with Crippen molar-refractivity contribution in [2.75, 3.05) is 11.9 Å². The van der Waals surface area contributed by atoms with E-state index in [1.54, 1.807) is 12.1 Å². The second kappa shape index (κ2) is 8.51. The minimum atomic E-state index is -1.91. The van der Waals surface area contributed by atoms with Gasteiger partial charge in [0.25, 0.3) is 0 Å². The number of rotatable bonds is 6. The molecule has 1 unspecified atom stereocenters. The van der Waals surface area contributed by atoms with Gasteiger partial charge in [-0.1, -0.05) is 18.0 Å². The molecule has 0 radical (unpaired) electrons. The van der Waals surface area contributed by atoms with Gasteiger partial charge in [-0.15, -0.1) is 0 Å². The number of hydrogen-bond acceptors (Lipinski definition) is 4. The molecule has 130 valence electrons. The molecule has 0 aliphatic heterocycles. The van der Waals surface area contributed by atoms with Crippen molar-refractivity contribution in [2.24, 2.45) is 5.92 Å². The molecule has 1 atom stereocenters. The monoisotopic (exact) mass is 356 g/mol. The summed E-state index contributed by atoms with van der Waals surface area (Å²) in [6.45, 7) is 7.62. The van der Waals surface area contributed by atoms with Crippen LogP contribution in [0.25, 0.3) is 0 Å². The van der Waals surface area contributed by atoms with E-state index in [2.05, 4.69) is 30.8 Å². The maximum Gasteiger partial charge on any atom is 0.186 e. The van der Waals surface area contributed by atoms with Crippen molar-refractivity contribution in [3.8, 4) is 0 Å². The van der Waals surface area contributed by atoms with Gasteiger partial charge in [0.15, 0.2) is 11.1 Å². The molecular formula is C17H28N2O2S2. The first-order chi connectivity index (χ1) is 10.8. The molecule has 0 saturated heterocycles. The van der Waals surface area contributed by atoms with E-state index in [1.807, 2.05) is 24.1 Å². The Hall–Kier alpha value is -0.560. The van der Waals surface area contributed by atoms with Crippen LogP contribution in [0, 0.1) is 5.92 Å². The van der Waals surface area contributed by atoms with Gasteiger partial charge < -0.3 is 9.87 Å². The van der Waals surface area contributed by atoms with Gasteiger partial charge in [-0.3, -0.25) is 4.72 Å². The number of anilines is 1. The SMILES string of the molecule is CC(C)(C)SNC1CCC(CNc2cccc(S(=O)O)c2)CC1. The molecule has 0 spiro atoms. The summed E-state index contributed by atoms with van der Waals surface area (Å²) in [6.07, 6.45) is 4.88. The number of nitrogens with one attached hydrogen (secondary N) is 2. The fraction of sp³-hybridized carbons (Fsp3) is 0.647. The van der Waals surface area contributed by atoms with E-state index in [-0.39, 0.29) is 4.75 Å². The minimum absolute atomic E-state index is 0.260. The molecule has 1 saturated carbocycles. The smallest absolute Gasteiger partial charge is 0.186 e. The highest BCUT2D eigenvalue weighted by Crippen LogP contribution is 2.28. The molecule has 1 fully saturated rings. The summed E-state index contributed by atoms with van der Waals surface area (Å²) in [6, 6.07) is 7.81. The molecule has 23 heavy (non-hydrogen) atoms. The van der Waals surface area contributed by atoms with E-state index in [4.69, 9.17) is 4.55 Å². The molecule has 1 aliphatic rings. The minimum Gasteiger partial charge on any atom is -0.385 e. The van der Waals surface area contributed by atoms with Gasteiger partial charge in [-0.2, -0.15) is 0 Å². The molecular weight excluding hydrogens is 328 g/mol. The normalized spacial score (nSPS) is 23.5. The maximum atomic E-state index is 11.1. The summed E-state index contributed by atoms with van der Waals surface area (Å²) in [4.78, 5) is 0.446. The second-order valence-electron chi connectivity index (χ2n) is 7.21. The number of hydrogen-bond donors (Lipinski definition) is 3. The first-order valence-electron chi connectivity index (χ1n) is 8.22. The van der Waals surface area contributed by atoms with E-state index >= 15 is 0 Å². The Morgan fingerprint density at radius 1 is 1.26 bits per heavy atom. The summed E-state index contributed by atoms with van der Waals surface area (Å²) in [5.41, 5.74) is 0.924. The van der Waals surface area contributed by atoms with E-state index in [9.17, 15) is 4.21 Å². The third-order valence-electron chi connectivity index (χ3n) is 4.01. The quantitative estimate of drug-likeness (QED) is 0.525. The Morgan fingerprint density at radius 3 is 2.57 bits per heavy atom. The predicted molar refractivity (Wildman–Crippen MR) is 100 cm³/mol. The van der Waals surface area contributed by atoms with Crippen LogP contribution in [0.1, 0.15) is 46.5 Å². The Kier molecular flexibility index (Phi) is 6.95. The maximum absolute atomic E-state index is 11.1. The zero-order valence-corrected chi connectivity index (χ0v) is 15.8. The molecule has 4 nitrogen and oxygen atoms in total. The molecule has 0 bridgehead atoms. The van der Waals surface area contributed by atoms with E-state index < -0.39 is 11.1 Å². The predicted octanol–water partition coefficient (Wildman–Crippen LogP) is 4.27. The Labute approximate surface area is 146 Å². The third-order valence-corrected chi connectivity index (χ3v) is 5.73. The lowest BCUT2D eigenvalue weighted by Crippen LogP contribution is -2.33. The van der Waals surface area contributed by atoms with Crippen LogP contribution in [-0.2, 0) is 11.1 Å². The summed E-state index contributed by atoms with van der Waals surface area (Å²) in [7, 11) is 0. The molecule has 3 N–H and O–H groups in total. The first kappa shape index (κ1) is 18.8. The largest absolute Gasteiger partial charge is 0.385 e. The van der Waals surface area contributed by atoms with Crippen LogP contribution in [0.2, 0.25) is 0 Å². The highest BCUT2D eigenvalue weighted by Gasteiger charge is 2.22. The highest BCUT2D eigenvalue weighted by molar-refractivity contribution is 7.98. The van der Waals surface area contributed by atoms with Crippen LogP contribution in [0.3, 0.4) is 0 Å². The lowest BCUT2D eigenvalue weighted by molar-refractivity contribution is 0.328. The Morgan fingerprint density at radius 2 is 1.96 bits per heavy atom. The third kappa shape index (κ3) is 6.83. The van der Waals surface area contributed by atoms with Crippen LogP contribution < -0.4 is 10.0 Å².